The molecule has 2 fully saturated rings. The van der Waals surface area contributed by atoms with E-state index in [0.29, 0.717) is 12.3 Å². The van der Waals surface area contributed by atoms with E-state index in [1.165, 1.54) is 6.07 Å². The van der Waals surface area contributed by atoms with Crippen LogP contribution in [0.25, 0.3) is 0 Å². The molecule has 5 unspecified atom stereocenters. The molecular formula is C20H25F2N. The second kappa shape index (κ2) is 6.99. The fraction of sp³-hybridized carbons (Fsp3) is 0.650. The Morgan fingerprint density at radius 2 is 1.96 bits per heavy atom. The molecule has 0 amide bonds. The minimum Gasteiger partial charge on any atom is -0.205 e. The van der Waals surface area contributed by atoms with Crippen LogP contribution in [-0.2, 0) is 0 Å². The van der Waals surface area contributed by atoms with E-state index >= 15 is 0 Å². The maximum atomic E-state index is 14.1. The van der Waals surface area contributed by atoms with E-state index in [0.717, 1.165) is 44.2 Å². The zero-order valence-electron chi connectivity index (χ0n) is 16.5. The van der Waals surface area contributed by atoms with Crippen LogP contribution in [0.2, 0.25) is 0 Å². The van der Waals surface area contributed by atoms with Crippen LogP contribution in [0.4, 0.5) is 8.78 Å². The smallest absolute Gasteiger partial charge is 0.144 e. The van der Waals surface area contributed by atoms with Crippen molar-refractivity contribution in [1.29, 1.82) is 5.26 Å². The lowest BCUT2D eigenvalue weighted by molar-refractivity contribution is 0.114. The van der Waals surface area contributed by atoms with Crippen molar-refractivity contribution in [1.82, 2.24) is 0 Å². The number of nitrogens with zero attached hydrogens (tertiary/aromatic N) is 1. The van der Waals surface area contributed by atoms with Crippen LogP contribution in [-0.4, -0.2) is 0 Å². The molecule has 3 rings (SSSR count). The van der Waals surface area contributed by atoms with Crippen LogP contribution in [0.3, 0.4) is 0 Å². The predicted octanol–water partition coefficient (Wildman–Crippen LogP) is 5.94. The summed E-state index contributed by atoms with van der Waals surface area (Å²) < 4.78 is 53.9. The third-order valence-corrected chi connectivity index (χ3v) is 5.42. The molecular weight excluding hydrogens is 292 g/mol. The van der Waals surface area contributed by atoms with Gasteiger partial charge in [-0.15, -0.1) is 0 Å². The number of halogens is 2. The van der Waals surface area contributed by atoms with Crippen LogP contribution >= 0.6 is 0 Å². The van der Waals surface area contributed by atoms with Crippen LogP contribution in [0.15, 0.2) is 12.1 Å². The molecule has 2 saturated carbocycles. The van der Waals surface area contributed by atoms with Crippen LogP contribution in [0.1, 0.15) is 79.4 Å². The van der Waals surface area contributed by atoms with Gasteiger partial charge < -0.3 is 0 Å². The predicted molar refractivity (Wildman–Crippen MR) is 86.9 cm³/mol. The van der Waals surface area contributed by atoms with Crippen molar-refractivity contribution in [2.24, 2.45) is 17.8 Å². The lowest BCUT2D eigenvalue weighted by Crippen LogP contribution is -2.30. The Kier molecular flexibility index (Phi) is 3.93. The van der Waals surface area contributed by atoms with Gasteiger partial charge in [0.25, 0.3) is 0 Å². The van der Waals surface area contributed by atoms with Gasteiger partial charge in [-0.2, -0.15) is 5.26 Å². The van der Waals surface area contributed by atoms with E-state index < -0.39 is 35.9 Å². The van der Waals surface area contributed by atoms with Crippen LogP contribution < -0.4 is 0 Å². The average Bonchev–Trinajstić information content (AvgIpc) is 2.53. The summed E-state index contributed by atoms with van der Waals surface area (Å²) in [5, 5.41) is 8.84. The standard InChI is InChI=1S/C20H25F2N/c1-2-3-13-4-5-15-9-16(7-6-14(15)8-13)17-10-19(21)18(12-23)20(22)11-17/h10-11,13-16H,2-9H2,1H3/i7D2,9D. The summed E-state index contributed by atoms with van der Waals surface area (Å²) in [6, 6.07) is 3.60. The van der Waals surface area contributed by atoms with Gasteiger partial charge in [0.15, 0.2) is 0 Å². The molecule has 2 aliphatic carbocycles. The number of benzene rings is 1. The van der Waals surface area contributed by atoms with Crippen molar-refractivity contribution in [3.63, 3.8) is 0 Å². The first-order valence-electron chi connectivity index (χ1n) is 10.2. The van der Waals surface area contributed by atoms with Gasteiger partial charge >= 0.3 is 0 Å². The number of hydrogen-bond donors (Lipinski definition) is 0. The van der Waals surface area contributed by atoms with Crippen molar-refractivity contribution in [3.05, 3.63) is 34.9 Å². The molecule has 0 N–H and O–H groups in total. The van der Waals surface area contributed by atoms with Crippen molar-refractivity contribution < 1.29 is 12.9 Å². The monoisotopic (exact) mass is 320 g/mol. The van der Waals surface area contributed by atoms with Gasteiger partial charge in [-0.05, 0) is 73.4 Å². The number of nitriles is 1. The van der Waals surface area contributed by atoms with Gasteiger partial charge in [0.05, 0.1) is 0 Å². The summed E-state index contributed by atoms with van der Waals surface area (Å²) in [4.78, 5) is 0. The number of hydrogen-bond acceptors (Lipinski definition) is 1. The van der Waals surface area contributed by atoms with Crippen LogP contribution in [0, 0.1) is 40.7 Å². The van der Waals surface area contributed by atoms with Crippen molar-refractivity contribution in [3.8, 4) is 6.07 Å². The maximum absolute atomic E-state index is 14.1. The molecule has 0 aliphatic heterocycles. The quantitative estimate of drug-likeness (QED) is 0.676. The Hall–Kier alpha value is -1.43. The molecule has 23 heavy (non-hydrogen) atoms. The van der Waals surface area contributed by atoms with Gasteiger partial charge in [-0.25, -0.2) is 8.78 Å². The van der Waals surface area contributed by atoms with E-state index in [9.17, 15) is 8.78 Å². The molecule has 0 radical (unpaired) electrons. The second-order valence-corrected chi connectivity index (χ2v) is 6.94. The lowest BCUT2D eigenvalue weighted by Gasteiger charge is -2.42. The summed E-state index contributed by atoms with van der Waals surface area (Å²) in [6.07, 6.45) is 3.08. The van der Waals surface area contributed by atoms with E-state index in [2.05, 4.69) is 6.92 Å². The van der Waals surface area contributed by atoms with Gasteiger partial charge in [0, 0.05) is 4.11 Å². The molecule has 0 spiro atoms. The third-order valence-electron chi connectivity index (χ3n) is 5.42. The molecule has 2 aliphatic rings. The van der Waals surface area contributed by atoms with Gasteiger partial charge in [-0.1, -0.05) is 26.2 Å². The Balaban J connectivity index is 1.91. The second-order valence-electron chi connectivity index (χ2n) is 6.94. The van der Waals surface area contributed by atoms with Crippen LogP contribution in [0.5, 0.6) is 0 Å². The van der Waals surface area contributed by atoms with Gasteiger partial charge in [0.1, 0.15) is 23.3 Å². The molecule has 5 atom stereocenters. The normalized spacial score (nSPS) is 37.8. The van der Waals surface area contributed by atoms with E-state index in [4.69, 9.17) is 9.37 Å². The highest BCUT2D eigenvalue weighted by atomic mass is 19.1. The molecule has 3 heteroatoms. The molecule has 0 heterocycles. The SMILES string of the molecule is [2H]C1C2CCC(CCC)CC2CC([2H])([2H])C1c1cc(F)c(C#N)c(F)c1. The Labute approximate surface area is 141 Å². The highest BCUT2D eigenvalue weighted by molar-refractivity contribution is 5.36. The first-order valence-corrected chi connectivity index (χ1v) is 8.59. The fourth-order valence-corrected chi connectivity index (χ4v) is 4.24. The Bertz CT molecular complexity index is 692. The summed E-state index contributed by atoms with van der Waals surface area (Å²) in [7, 11) is 0. The van der Waals surface area contributed by atoms with Gasteiger partial charge in [0.2, 0.25) is 0 Å². The molecule has 1 aromatic rings. The van der Waals surface area contributed by atoms with E-state index in [1.807, 2.05) is 0 Å². The topological polar surface area (TPSA) is 23.8 Å². The summed E-state index contributed by atoms with van der Waals surface area (Å²) in [6.45, 7) is 2.16. The Morgan fingerprint density at radius 1 is 1.22 bits per heavy atom. The van der Waals surface area contributed by atoms with Crippen molar-refractivity contribution in [2.75, 3.05) is 0 Å². The van der Waals surface area contributed by atoms with E-state index in [-0.39, 0.29) is 17.4 Å². The molecule has 1 nitrogen and oxygen atoms in total. The molecule has 1 aromatic carbocycles. The summed E-state index contributed by atoms with van der Waals surface area (Å²) in [5.41, 5.74) is -0.484. The van der Waals surface area contributed by atoms with E-state index in [1.54, 1.807) is 0 Å². The fourth-order valence-electron chi connectivity index (χ4n) is 4.24. The highest BCUT2D eigenvalue weighted by Gasteiger charge is 2.36. The largest absolute Gasteiger partial charge is 0.205 e. The zero-order chi connectivity index (χ0) is 19.1. The molecule has 0 aromatic heterocycles. The maximum Gasteiger partial charge on any atom is 0.144 e. The minimum atomic E-state index is -1.69. The minimum absolute atomic E-state index is 0.0682. The first kappa shape index (κ1) is 12.9. The number of rotatable bonds is 3. The summed E-state index contributed by atoms with van der Waals surface area (Å²) in [5.74, 6) is -1.98. The zero-order valence-corrected chi connectivity index (χ0v) is 13.5. The third kappa shape index (κ3) is 3.42. The highest BCUT2D eigenvalue weighted by Crippen LogP contribution is 2.48. The first-order chi connectivity index (χ1) is 12.3. The number of fused-ring (bicyclic) bond motifs is 1. The lowest BCUT2D eigenvalue weighted by atomic mass is 9.63. The molecule has 0 saturated heterocycles. The van der Waals surface area contributed by atoms with Crippen molar-refractivity contribution in [2.45, 2.75) is 64.1 Å². The molecule has 0 bridgehead atoms. The Morgan fingerprint density at radius 3 is 2.61 bits per heavy atom. The van der Waals surface area contributed by atoms with Gasteiger partial charge in [-0.3, -0.25) is 0 Å². The summed E-state index contributed by atoms with van der Waals surface area (Å²) >= 11 is 0. The van der Waals surface area contributed by atoms with Crippen molar-refractivity contribution >= 4 is 0 Å². The molecule has 124 valence electrons. The average molecular weight is 320 g/mol.